The van der Waals surface area contributed by atoms with E-state index in [4.69, 9.17) is 0 Å². The molecule has 160 valence electrons. The van der Waals surface area contributed by atoms with Crippen molar-refractivity contribution in [1.29, 1.82) is 0 Å². The molecule has 0 aliphatic carbocycles. The molecular formula is C22H25BrN2O4S. The van der Waals surface area contributed by atoms with Crippen molar-refractivity contribution in [3.63, 3.8) is 0 Å². The molecule has 1 N–H and O–H groups in total. The standard InChI is InChI=1S/C22H25BrN2O4S/c23-19-8-6-18(7-9-19)21(26)12-13-22(27)24-16-17-4-10-20(11-5-17)30(28,29)25-14-2-1-3-15-25/h4-11H,1-3,12-16H2,(H,24,27). The van der Waals surface area contributed by atoms with E-state index in [1.165, 1.54) is 4.31 Å². The second kappa shape index (κ2) is 10.3. The Kier molecular flexibility index (Phi) is 7.80. The molecule has 8 heteroatoms. The van der Waals surface area contributed by atoms with E-state index in [1.807, 2.05) is 0 Å². The van der Waals surface area contributed by atoms with E-state index in [2.05, 4.69) is 21.2 Å². The van der Waals surface area contributed by atoms with Gasteiger partial charge in [0, 0.05) is 42.5 Å². The number of carbonyl (C=O) groups excluding carboxylic acids is 2. The second-order valence-electron chi connectivity index (χ2n) is 7.32. The van der Waals surface area contributed by atoms with Crippen LogP contribution in [-0.4, -0.2) is 37.5 Å². The first-order chi connectivity index (χ1) is 14.4. The molecule has 1 heterocycles. The predicted molar refractivity (Wildman–Crippen MR) is 119 cm³/mol. The monoisotopic (exact) mass is 492 g/mol. The fraction of sp³-hybridized carbons (Fsp3) is 0.364. The van der Waals surface area contributed by atoms with Crippen LogP contribution in [0, 0.1) is 0 Å². The molecule has 1 aliphatic rings. The highest BCUT2D eigenvalue weighted by molar-refractivity contribution is 9.10. The van der Waals surface area contributed by atoms with Crippen LogP contribution in [0.25, 0.3) is 0 Å². The summed E-state index contributed by atoms with van der Waals surface area (Å²) in [6.45, 7) is 1.42. The van der Waals surface area contributed by atoms with Gasteiger partial charge in [0.05, 0.1) is 4.90 Å². The molecule has 1 fully saturated rings. The van der Waals surface area contributed by atoms with Crippen LogP contribution >= 0.6 is 15.9 Å². The van der Waals surface area contributed by atoms with Crippen LogP contribution < -0.4 is 5.32 Å². The summed E-state index contributed by atoms with van der Waals surface area (Å²) in [6.07, 6.45) is 3.11. The highest BCUT2D eigenvalue weighted by atomic mass is 79.9. The molecule has 0 aromatic heterocycles. The summed E-state index contributed by atoms with van der Waals surface area (Å²) in [7, 11) is -3.45. The number of hydrogen-bond acceptors (Lipinski definition) is 4. The van der Waals surface area contributed by atoms with Gasteiger partial charge in [-0.2, -0.15) is 4.31 Å². The van der Waals surface area contributed by atoms with Gasteiger partial charge >= 0.3 is 0 Å². The summed E-state index contributed by atoms with van der Waals surface area (Å²) in [5.41, 5.74) is 1.39. The van der Waals surface area contributed by atoms with Gasteiger partial charge in [-0.1, -0.05) is 46.6 Å². The number of nitrogens with zero attached hydrogens (tertiary/aromatic N) is 1. The molecule has 0 unspecified atom stereocenters. The summed E-state index contributed by atoms with van der Waals surface area (Å²) in [5.74, 6) is -0.296. The van der Waals surface area contributed by atoms with Crippen molar-refractivity contribution in [2.45, 2.75) is 43.5 Å². The van der Waals surface area contributed by atoms with Crippen LogP contribution in [0.4, 0.5) is 0 Å². The maximum atomic E-state index is 12.7. The lowest BCUT2D eigenvalue weighted by molar-refractivity contribution is -0.121. The quantitative estimate of drug-likeness (QED) is 0.566. The van der Waals surface area contributed by atoms with Gasteiger partial charge in [0.25, 0.3) is 0 Å². The maximum Gasteiger partial charge on any atom is 0.243 e. The summed E-state index contributed by atoms with van der Waals surface area (Å²) in [4.78, 5) is 24.5. The van der Waals surface area contributed by atoms with Gasteiger partial charge in [-0.25, -0.2) is 8.42 Å². The number of Topliss-reactive ketones (excluding diaryl/α,β-unsaturated/α-hetero) is 1. The Morgan fingerprint density at radius 2 is 1.53 bits per heavy atom. The van der Waals surface area contributed by atoms with Crippen molar-refractivity contribution in [2.24, 2.45) is 0 Å². The Morgan fingerprint density at radius 1 is 0.900 bits per heavy atom. The Balaban J connectivity index is 1.48. The molecule has 6 nitrogen and oxygen atoms in total. The molecule has 1 aliphatic heterocycles. The minimum absolute atomic E-state index is 0.0788. The summed E-state index contributed by atoms with van der Waals surface area (Å²) in [5, 5.41) is 2.78. The fourth-order valence-corrected chi connectivity index (χ4v) is 5.11. The van der Waals surface area contributed by atoms with Crippen molar-refractivity contribution in [3.05, 3.63) is 64.1 Å². The molecule has 1 saturated heterocycles. The molecule has 0 saturated carbocycles. The summed E-state index contributed by atoms with van der Waals surface area (Å²) >= 11 is 3.32. The lowest BCUT2D eigenvalue weighted by Crippen LogP contribution is -2.35. The van der Waals surface area contributed by atoms with E-state index in [1.54, 1.807) is 48.5 Å². The lowest BCUT2D eigenvalue weighted by atomic mass is 10.1. The summed E-state index contributed by atoms with van der Waals surface area (Å²) < 4.78 is 27.8. The third-order valence-corrected chi connectivity index (χ3v) is 7.55. The normalized spacial score (nSPS) is 15.0. The number of sulfonamides is 1. The van der Waals surface area contributed by atoms with E-state index in [0.717, 1.165) is 29.3 Å². The molecule has 0 radical (unpaired) electrons. The first kappa shape index (κ1) is 22.7. The number of ketones is 1. The number of hydrogen-bond donors (Lipinski definition) is 1. The van der Waals surface area contributed by atoms with Crippen LogP contribution in [0.5, 0.6) is 0 Å². The predicted octanol–water partition coefficient (Wildman–Crippen LogP) is 3.90. The topological polar surface area (TPSA) is 83.5 Å². The molecule has 30 heavy (non-hydrogen) atoms. The zero-order valence-electron chi connectivity index (χ0n) is 16.6. The van der Waals surface area contributed by atoms with E-state index >= 15 is 0 Å². The highest BCUT2D eigenvalue weighted by Crippen LogP contribution is 2.21. The van der Waals surface area contributed by atoms with Gasteiger partial charge in [-0.05, 0) is 42.7 Å². The van der Waals surface area contributed by atoms with Crippen molar-refractivity contribution in [2.75, 3.05) is 13.1 Å². The van der Waals surface area contributed by atoms with E-state index in [9.17, 15) is 18.0 Å². The zero-order chi connectivity index (χ0) is 21.6. The van der Waals surface area contributed by atoms with Crippen molar-refractivity contribution in [3.8, 4) is 0 Å². The average Bonchev–Trinajstić information content (AvgIpc) is 2.77. The number of benzene rings is 2. The van der Waals surface area contributed by atoms with Gasteiger partial charge in [-0.3, -0.25) is 9.59 Å². The van der Waals surface area contributed by atoms with Gasteiger partial charge in [-0.15, -0.1) is 0 Å². The molecule has 2 aromatic carbocycles. The average molecular weight is 493 g/mol. The SMILES string of the molecule is O=C(CCC(=O)c1ccc(Br)cc1)NCc1ccc(S(=O)(=O)N2CCCCC2)cc1. The second-order valence-corrected chi connectivity index (χ2v) is 10.2. The molecule has 0 bridgehead atoms. The minimum atomic E-state index is -3.45. The van der Waals surface area contributed by atoms with Gasteiger partial charge in [0.2, 0.25) is 15.9 Å². The Morgan fingerprint density at radius 3 is 2.17 bits per heavy atom. The Bertz CT molecular complexity index is 983. The molecule has 1 amide bonds. The minimum Gasteiger partial charge on any atom is -0.352 e. The lowest BCUT2D eigenvalue weighted by Gasteiger charge is -2.25. The first-order valence-corrected chi connectivity index (χ1v) is 12.2. The van der Waals surface area contributed by atoms with Crippen LogP contribution in [-0.2, 0) is 21.4 Å². The van der Waals surface area contributed by atoms with Crippen molar-refractivity contribution >= 4 is 37.6 Å². The van der Waals surface area contributed by atoms with Gasteiger partial charge in [0.1, 0.15) is 0 Å². The van der Waals surface area contributed by atoms with Crippen molar-refractivity contribution in [1.82, 2.24) is 9.62 Å². The van der Waals surface area contributed by atoms with E-state index < -0.39 is 10.0 Å². The highest BCUT2D eigenvalue weighted by Gasteiger charge is 2.25. The number of amides is 1. The number of halogens is 1. The van der Waals surface area contributed by atoms with Gasteiger partial charge in [0.15, 0.2) is 5.78 Å². The molecule has 0 spiro atoms. The smallest absolute Gasteiger partial charge is 0.243 e. The zero-order valence-corrected chi connectivity index (χ0v) is 19.0. The summed E-state index contributed by atoms with van der Waals surface area (Å²) in [6, 6.07) is 13.6. The maximum absolute atomic E-state index is 12.7. The molecular weight excluding hydrogens is 468 g/mol. The largest absolute Gasteiger partial charge is 0.352 e. The number of carbonyl (C=O) groups is 2. The molecule has 0 atom stereocenters. The number of piperidine rings is 1. The Hall–Kier alpha value is -2.03. The van der Waals surface area contributed by atoms with Crippen LogP contribution in [0.1, 0.15) is 48.0 Å². The van der Waals surface area contributed by atoms with Crippen molar-refractivity contribution < 1.29 is 18.0 Å². The van der Waals surface area contributed by atoms with Gasteiger partial charge < -0.3 is 5.32 Å². The molecule has 2 aromatic rings. The number of nitrogens with one attached hydrogen (secondary N) is 1. The van der Waals surface area contributed by atoms with Crippen LogP contribution in [0.3, 0.4) is 0 Å². The Labute approximate surface area is 185 Å². The van der Waals surface area contributed by atoms with E-state index in [-0.39, 0.29) is 36.0 Å². The van der Waals surface area contributed by atoms with Crippen LogP contribution in [0.15, 0.2) is 57.9 Å². The third kappa shape index (κ3) is 6.00. The van der Waals surface area contributed by atoms with E-state index in [0.29, 0.717) is 18.7 Å². The number of rotatable bonds is 8. The molecule has 3 rings (SSSR count). The van der Waals surface area contributed by atoms with Crippen LogP contribution in [0.2, 0.25) is 0 Å². The fourth-order valence-electron chi connectivity index (χ4n) is 3.33. The third-order valence-electron chi connectivity index (χ3n) is 5.11. The first-order valence-electron chi connectivity index (χ1n) is 10.0.